The molecule has 0 saturated heterocycles. The maximum atomic E-state index is 4.22. The average Bonchev–Trinajstić information content (AvgIpc) is 2.17. The van der Waals surface area contributed by atoms with Gasteiger partial charge in [0, 0.05) is 11.6 Å². The summed E-state index contributed by atoms with van der Waals surface area (Å²) in [7, 11) is 0. The van der Waals surface area contributed by atoms with Crippen molar-refractivity contribution in [2.45, 2.75) is 44.2 Å². The molecule has 0 amide bonds. The summed E-state index contributed by atoms with van der Waals surface area (Å²) in [6, 6.07) is 1.99. The Balaban J connectivity index is 2.71. The van der Waals surface area contributed by atoms with Gasteiger partial charge in [0.15, 0.2) is 0 Å². The van der Waals surface area contributed by atoms with Gasteiger partial charge in [0.1, 0.15) is 17.2 Å². The van der Waals surface area contributed by atoms with Crippen LogP contribution in [0.5, 0.6) is 0 Å². The Morgan fingerprint density at radius 1 is 1.40 bits per heavy atom. The molecule has 1 heterocycles. The van der Waals surface area contributed by atoms with Gasteiger partial charge in [-0.15, -0.1) is 11.8 Å². The molecule has 0 unspecified atom stereocenters. The molecule has 1 rings (SSSR count). The SMILES string of the molecule is CCCC(C)(C)Nc1cc(SC)ncn1. The molecule has 1 N–H and O–H groups in total. The molecule has 84 valence electrons. The number of nitrogens with one attached hydrogen (secondary N) is 1. The van der Waals surface area contributed by atoms with Crippen molar-refractivity contribution < 1.29 is 0 Å². The zero-order valence-corrected chi connectivity index (χ0v) is 10.7. The first-order chi connectivity index (χ1) is 7.07. The van der Waals surface area contributed by atoms with Gasteiger partial charge in [0.2, 0.25) is 0 Å². The Morgan fingerprint density at radius 3 is 2.73 bits per heavy atom. The molecule has 0 saturated carbocycles. The van der Waals surface area contributed by atoms with Gasteiger partial charge in [-0.25, -0.2) is 9.97 Å². The third kappa shape index (κ3) is 4.08. The fourth-order valence-corrected chi connectivity index (χ4v) is 1.94. The lowest BCUT2D eigenvalue weighted by Gasteiger charge is -2.26. The van der Waals surface area contributed by atoms with Crippen molar-refractivity contribution in [3.63, 3.8) is 0 Å². The molecule has 0 aliphatic rings. The maximum absolute atomic E-state index is 4.22. The Hall–Kier alpha value is -0.770. The lowest BCUT2D eigenvalue weighted by molar-refractivity contribution is 0.508. The number of nitrogens with zero attached hydrogens (tertiary/aromatic N) is 2. The molecule has 0 spiro atoms. The van der Waals surface area contributed by atoms with E-state index in [-0.39, 0.29) is 5.54 Å². The first-order valence-electron chi connectivity index (χ1n) is 5.21. The van der Waals surface area contributed by atoms with Crippen molar-refractivity contribution in [1.29, 1.82) is 0 Å². The van der Waals surface area contributed by atoms with Crippen LogP contribution in [0, 0.1) is 0 Å². The van der Waals surface area contributed by atoms with E-state index in [0.717, 1.165) is 17.3 Å². The standard InChI is InChI=1S/C11H19N3S/c1-5-6-11(2,3)14-9-7-10(15-4)13-8-12-9/h7-8H,5-6H2,1-4H3,(H,12,13,14). The van der Waals surface area contributed by atoms with E-state index in [1.807, 2.05) is 12.3 Å². The van der Waals surface area contributed by atoms with Crippen molar-refractivity contribution in [1.82, 2.24) is 9.97 Å². The van der Waals surface area contributed by atoms with Crippen molar-refractivity contribution in [3.05, 3.63) is 12.4 Å². The van der Waals surface area contributed by atoms with Crippen LogP contribution in [0.4, 0.5) is 5.82 Å². The number of aromatic nitrogens is 2. The van der Waals surface area contributed by atoms with Gasteiger partial charge >= 0.3 is 0 Å². The molecule has 1 aromatic rings. The van der Waals surface area contributed by atoms with Gasteiger partial charge in [0.25, 0.3) is 0 Å². The fraction of sp³-hybridized carbons (Fsp3) is 0.636. The molecule has 1 aromatic heterocycles. The Bertz CT molecular complexity index is 312. The van der Waals surface area contributed by atoms with Gasteiger partial charge in [0.05, 0.1) is 0 Å². The van der Waals surface area contributed by atoms with Gasteiger partial charge in [-0.3, -0.25) is 0 Å². The Kier molecular flexibility index (Phi) is 4.39. The van der Waals surface area contributed by atoms with Crippen LogP contribution < -0.4 is 5.32 Å². The minimum Gasteiger partial charge on any atom is -0.365 e. The zero-order chi connectivity index (χ0) is 11.3. The minimum atomic E-state index is 0.0960. The molecule has 0 fully saturated rings. The summed E-state index contributed by atoms with van der Waals surface area (Å²) in [4.78, 5) is 8.36. The highest BCUT2D eigenvalue weighted by molar-refractivity contribution is 7.98. The molecule has 0 atom stereocenters. The molecule has 15 heavy (non-hydrogen) atoms. The average molecular weight is 225 g/mol. The number of hydrogen-bond acceptors (Lipinski definition) is 4. The van der Waals surface area contributed by atoms with Crippen molar-refractivity contribution >= 4 is 17.6 Å². The van der Waals surface area contributed by atoms with Crippen molar-refractivity contribution in [3.8, 4) is 0 Å². The van der Waals surface area contributed by atoms with E-state index >= 15 is 0 Å². The predicted molar refractivity (Wildman–Crippen MR) is 66.4 cm³/mol. The predicted octanol–water partition coefficient (Wildman–Crippen LogP) is 3.19. The Morgan fingerprint density at radius 2 is 2.13 bits per heavy atom. The van der Waals surface area contributed by atoms with Crippen LogP contribution in [0.15, 0.2) is 17.4 Å². The number of anilines is 1. The van der Waals surface area contributed by atoms with Crippen LogP contribution in [-0.4, -0.2) is 21.8 Å². The molecule has 4 heteroatoms. The third-order valence-electron chi connectivity index (χ3n) is 2.19. The Labute approximate surface area is 96.1 Å². The number of thioether (sulfide) groups is 1. The lowest BCUT2D eigenvalue weighted by atomic mass is 9.99. The largest absolute Gasteiger partial charge is 0.365 e. The van der Waals surface area contributed by atoms with E-state index < -0.39 is 0 Å². The summed E-state index contributed by atoms with van der Waals surface area (Å²) in [6.07, 6.45) is 5.92. The van der Waals surface area contributed by atoms with Crippen LogP contribution in [0.3, 0.4) is 0 Å². The first kappa shape index (κ1) is 12.3. The second-order valence-electron chi connectivity index (χ2n) is 4.20. The van der Waals surface area contributed by atoms with Crippen LogP contribution in [0.1, 0.15) is 33.6 Å². The summed E-state index contributed by atoms with van der Waals surface area (Å²) < 4.78 is 0. The molecule has 0 bridgehead atoms. The highest BCUT2D eigenvalue weighted by Gasteiger charge is 2.16. The summed E-state index contributed by atoms with van der Waals surface area (Å²) >= 11 is 1.63. The molecule has 0 aromatic carbocycles. The lowest BCUT2D eigenvalue weighted by Crippen LogP contribution is -2.30. The normalized spacial score (nSPS) is 11.5. The molecule has 0 aliphatic heterocycles. The fourth-order valence-electron chi connectivity index (χ4n) is 1.55. The monoisotopic (exact) mass is 225 g/mol. The van der Waals surface area contributed by atoms with Crippen molar-refractivity contribution in [2.24, 2.45) is 0 Å². The smallest absolute Gasteiger partial charge is 0.130 e. The molecule has 0 aliphatic carbocycles. The van der Waals surface area contributed by atoms with Crippen molar-refractivity contribution in [2.75, 3.05) is 11.6 Å². The van der Waals surface area contributed by atoms with E-state index in [1.54, 1.807) is 18.1 Å². The second kappa shape index (κ2) is 5.35. The first-order valence-corrected chi connectivity index (χ1v) is 6.44. The van der Waals surface area contributed by atoms with Crippen LogP contribution >= 0.6 is 11.8 Å². The number of rotatable bonds is 5. The van der Waals surface area contributed by atoms with E-state index in [0.29, 0.717) is 0 Å². The van der Waals surface area contributed by atoms with Crippen LogP contribution in [0.2, 0.25) is 0 Å². The van der Waals surface area contributed by atoms with Gasteiger partial charge in [-0.2, -0.15) is 0 Å². The highest BCUT2D eigenvalue weighted by atomic mass is 32.2. The maximum Gasteiger partial charge on any atom is 0.130 e. The third-order valence-corrected chi connectivity index (χ3v) is 2.83. The van der Waals surface area contributed by atoms with Gasteiger partial charge in [-0.1, -0.05) is 13.3 Å². The summed E-state index contributed by atoms with van der Waals surface area (Å²) in [5, 5.41) is 4.43. The molecular formula is C11H19N3S. The molecule has 3 nitrogen and oxygen atoms in total. The molecule has 0 radical (unpaired) electrons. The van der Waals surface area contributed by atoms with Crippen LogP contribution in [-0.2, 0) is 0 Å². The van der Waals surface area contributed by atoms with Gasteiger partial charge in [-0.05, 0) is 26.5 Å². The quantitative estimate of drug-likeness (QED) is 0.617. The van der Waals surface area contributed by atoms with Crippen LogP contribution in [0.25, 0.3) is 0 Å². The summed E-state index contributed by atoms with van der Waals surface area (Å²) in [6.45, 7) is 6.57. The summed E-state index contributed by atoms with van der Waals surface area (Å²) in [5.74, 6) is 0.910. The zero-order valence-electron chi connectivity index (χ0n) is 9.87. The number of hydrogen-bond donors (Lipinski definition) is 1. The highest BCUT2D eigenvalue weighted by Crippen LogP contribution is 2.20. The second-order valence-corrected chi connectivity index (χ2v) is 5.03. The van der Waals surface area contributed by atoms with E-state index in [1.165, 1.54) is 6.42 Å². The molecular weight excluding hydrogens is 206 g/mol. The van der Waals surface area contributed by atoms with E-state index in [9.17, 15) is 0 Å². The van der Waals surface area contributed by atoms with E-state index in [4.69, 9.17) is 0 Å². The van der Waals surface area contributed by atoms with E-state index in [2.05, 4.69) is 36.1 Å². The van der Waals surface area contributed by atoms with Gasteiger partial charge < -0.3 is 5.32 Å². The minimum absolute atomic E-state index is 0.0960. The topological polar surface area (TPSA) is 37.8 Å². The summed E-state index contributed by atoms with van der Waals surface area (Å²) in [5.41, 5.74) is 0.0960.